The molecule has 0 saturated carbocycles. The van der Waals surface area contributed by atoms with Crippen LogP contribution >= 0.6 is 34.8 Å². The molecule has 0 aromatic heterocycles. The number of halogens is 3. The Hall–Kier alpha value is -3.72. The second kappa shape index (κ2) is 13.8. The number of rotatable bonds is 11. The summed E-state index contributed by atoms with van der Waals surface area (Å²) in [5.74, 6) is -0.374. The van der Waals surface area contributed by atoms with Crippen LogP contribution in [0.2, 0.25) is 15.1 Å². The highest BCUT2D eigenvalue weighted by Crippen LogP contribution is 2.35. The van der Waals surface area contributed by atoms with Crippen LogP contribution in [-0.4, -0.2) is 36.0 Å². The first-order valence-electron chi connectivity index (χ1n) is 12.8. The molecule has 11 heteroatoms. The van der Waals surface area contributed by atoms with Crippen molar-refractivity contribution in [1.29, 1.82) is 0 Å². The van der Waals surface area contributed by atoms with Gasteiger partial charge in [0.2, 0.25) is 0 Å². The van der Waals surface area contributed by atoms with Crippen LogP contribution in [0.25, 0.3) is 6.08 Å². The Bertz CT molecular complexity index is 1490. The average Bonchev–Trinajstić information content (AvgIpc) is 2.93. The molecule has 4 rings (SSSR count). The van der Waals surface area contributed by atoms with Crippen LogP contribution in [0, 0.1) is 0 Å². The highest BCUT2D eigenvalue weighted by atomic mass is 35.5. The molecule has 0 unspecified atom stereocenters. The normalized spacial score (nSPS) is 14.3. The number of benzene rings is 3. The highest BCUT2D eigenvalue weighted by molar-refractivity contribution is 6.36. The Morgan fingerprint density at radius 2 is 1.56 bits per heavy atom. The zero-order valence-corrected chi connectivity index (χ0v) is 24.6. The second-order valence-corrected chi connectivity index (χ2v) is 10.3. The molecule has 1 saturated heterocycles. The Balaban J connectivity index is 1.62. The van der Waals surface area contributed by atoms with Gasteiger partial charge in [-0.2, -0.15) is 0 Å². The molecule has 4 amide bonds. The maximum absolute atomic E-state index is 13.5. The molecule has 1 heterocycles. The maximum atomic E-state index is 13.5. The third-order valence-corrected chi connectivity index (χ3v) is 6.68. The molecule has 1 aliphatic rings. The van der Waals surface area contributed by atoms with E-state index in [1.165, 1.54) is 18.2 Å². The third-order valence-electron chi connectivity index (χ3n) is 5.93. The van der Waals surface area contributed by atoms with E-state index in [0.29, 0.717) is 40.9 Å². The average molecular weight is 618 g/mol. The summed E-state index contributed by atoms with van der Waals surface area (Å²) in [6, 6.07) is 14.4. The van der Waals surface area contributed by atoms with E-state index in [0.717, 1.165) is 16.9 Å². The van der Waals surface area contributed by atoms with Crippen LogP contribution in [0.3, 0.4) is 0 Å². The minimum Gasteiger partial charge on any atom is -0.490 e. The highest BCUT2D eigenvalue weighted by Gasteiger charge is 2.36. The molecular formula is C30H27Cl3N2O6. The Labute approximate surface area is 252 Å². The fourth-order valence-corrected chi connectivity index (χ4v) is 4.69. The Morgan fingerprint density at radius 1 is 0.829 bits per heavy atom. The number of hydrogen-bond donors (Lipinski definition) is 1. The molecule has 214 valence electrons. The van der Waals surface area contributed by atoms with Crippen molar-refractivity contribution in [3.05, 3.63) is 91.9 Å². The molecule has 1 fully saturated rings. The van der Waals surface area contributed by atoms with Gasteiger partial charge in [-0.3, -0.25) is 19.8 Å². The predicted octanol–water partition coefficient (Wildman–Crippen LogP) is 7.08. The van der Waals surface area contributed by atoms with Gasteiger partial charge in [0.05, 0.1) is 24.8 Å². The van der Waals surface area contributed by atoms with Gasteiger partial charge in [-0.15, -0.1) is 0 Å². The van der Waals surface area contributed by atoms with E-state index in [2.05, 4.69) is 5.32 Å². The summed E-state index contributed by atoms with van der Waals surface area (Å²) in [4.78, 5) is 39.9. The largest absolute Gasteiger partial charge is 0.490 e. The van der Waals surface area contributed by atoms with Gasteiger partial charge in [0.15, 0.2) is 11.5 Å². The molecule has 0 atom stereocenters. The molecule has 0 radical (unpaired) electrons. The van der Waals surface area contributed by atoms with Gasteiger partial charge in [0.25, 0.3) is 11.8 Å². The zero-order chi connectivity index (χ0) is 29.5. The van der Waals surface area contributed by atoms with Gasteiger partial charge in [0, 0.05) is 15.6 Å². The first-order valence-corrected chi connectivity index (χ1v) is 14.0. The van der Waals surface area contributed by atoms with Gasteiger partial charge >= 0.3 is 6.03 Å². The molecule has 0 aliphatic carbocycles. The van der Waals surface area contributed by atoms with Gasteiger partial charge in [-0.1, -0.05) is 59.9 Å². The number of amides is 4. The third kappa shape index (κ3) is 7.52. The first-order chi connectivity index (χ1) is 19.7. The van der Waals surface area contributed by atoms with Crippen molar-refractivity contribution in [2.45, 2.75) is 33.4 Å². The van der Waals surface area contributed by atoms with E-state index in [1.807, 2.05) is 13.8 Å². The minimum absolute atomic E-state index is 0.111. The van der Waals surface area contributed by atoms with Crippen molar-refractivity contribution in [3.63, 3.8) is 0 Å². The zero-order valence-electron chi connectivity index (χ0n) is 22.3. The fourth-order valence-electron chi connectivity index (χ4n) is 4.00. The van der Waals surface area contributed by atoms with Crippen molar-refractivity contribution in [2.75, 3.05) is 13.2 Å². The number of carbonyl (C=O) groups is 3. The van der Waals surface area contributed by atoms with E-state index in [1.54, 1.807) is 42.5 Å². The van der Waals surface area contributed by atoms with Crippen LogP contribution in [-0.2, 0) is 22.7 Å². The van der Waals surface area contributed by atoms with Crippen LogP contribution in [0.4, 0.5) is 4.79 Å². The Kier molecular flexibility index (Phi) is 10.2. The number of nitrogens with one attached hydrogen (secondary N) is 1. The molecule has 8 nitrogen and oxygen atoms in total. The Morgan fingerprint density at radius 3 is 2.27 bits per heavy atom. The van der Waals surface area contributed by atoms with Crippen molar-refractivity contribution in [2.24, 2.45) is 0 Å². The van der Waals surface area contributed by atoms with E-state index < -0.39 is 17.8 Å². The number of ether oxygens (including phenoxy) is 3. The number of urea groups is 1. The van der Waals surface area contributed by atoms with Crippen molar-refractivity contribution in [3.8, 4) is 17.2 Å². The maximum Gasteiger partial charge on any atom is 0.331 e. The molecule has 41 heavy (non-hydrogen) atoms. The van der Waals surface area contributed by atoms with Gasteiger partial charge < -0.3 is 14.2 Å². The first kappa shape index (κ1) is 30.2. The summed E-state index contributed by atoms with van der Waals surface area (Å²) in [5.41, 5.74) is 1.43. The summed E-state index contributed by atoms with van der Waals surface area (Å²) in [6.07, 6.45) is 2.13. The summed E-state index contributed by atoms with van der Waals surface area (Å²) in [5, 5.41) is 3.26. The van der Waals surface area contributed by atoms with E-state index in [-0.39, 0.29) is 34.5 Å². The van der Waals surface area contributed by atoms with E-state index >= 15 is 0 Å². The molecule has 1 aliphatic heterocycles. The van der Waals surface area contributed by atoms with E-state index in [9.17, 15) is 14.4 Å². The second-order valence-electron chi connectivity index (χ2n) is 8.99. The number of barbiturate groups is 1. The lowest BCUT2D eigenvalue weighted by Gasteiger charge is -2.27. The predicted molar refractivity (Wildman–Crippen MR) is 158 cm³/mol. The lowest BCUT2D eigenvalue weighted by molar-refractivity contribution is -0.130. The number of hydrogen-bond acceptors (Lipinski definition) is 6. The lowest BCUT2D eigenvalue weighted by Crippen LogP contribution is -2.53. The molecular weight excluding hydrogens is 591 g/mol. The summed E-state index contributed by atoms with van der Waals surface area (Å²) < 4.78 is 17.4. The van der Waals surface area contributed by atoms with Crippen LogP contribution in [0.5, 0.6) is 17.2 Å². The van der Waals surface area contributed by atoms with Crippen LogP contribution in [0.15, 0.2) is 60.2 Å². The number of imide groups is 2. The lowest BCUT2D eigenvalue weighted by atomic mass is 10.1. The molecule has 0 spiro atoms. The molecule has 3 aromatic carbocycles. The van der Waals surface area contributed by atoms with Gasteiger partial charge in [-0.25, -0.2) is 4.79 Å². The van der Waals surface area contributed by atoms with Crippen LogP contribution < -0.4 is 19.5 Å². The number of nitrogens with zero attached hydrogens (tertiary/aromatic N) is 1. The van der Waals surface area contributed by atoms with Crippen molar-refractivity contribution in [1.82, 2.24) is 10.2 Å². The molecule has 3 aromatic rings. The van der Waals surface area contributed by atoms with Gasteiger partial charge in [-0.05, 0) is 66.9 Å². The molecule has 0 bridgehead atoms. The summed E-state index contributed by atoms with van der Waals surface area (Å²) in [7, 11) is 0. The van der Waals surface area contributed by atoms with Crippen molar-refractivity contribution < 1.29 is 28.6 Å². The minimum atomic E-state index is -0.852. The number of carbonyl (C=O) groups excluding carboxylic acids is 3. The summed E-state index contributed by atoms with van der Waals surface area (Å²) >= 11 is 18.6. The standard InChI is InChI=1S/C30H27Cl3N2O6/c1-3-11-40-25-10-7-19(12-26(25)39-4-2)16-35-29(37)23(28(36)34-30(35)38)14-20-13-22(32)15-24(33)27(20)41-17-18-5-8-21(31)9-6-18/h5-10,12-15H,3-4,11,16-17H2,1-2H3,(H,34,36,38)/b23-14+. The van der Waals surface area contributed by atoms with Crippen LogP contribution in [0.1, 0.15) is 37.0 Å². The summed E-state index contributed by atoms with van der Waals surface area (Å²) in [6.45, 7) is 4.78. The molecule has 1 N–H and O–H groups in total. The van der Waals surface area contributed by atoms with Crippen molar-refractivity contribution >= 4 is 58.7 Å². The topological polar surface area (TPSA) is 94.2 Å². The smallest absolute Gasteiger partial charge is 0.331 e. The SMILES string of the molecule is CCCOc1ccc(CN2C(=O)NC(=O)/C(=C\c3cc(Cl)cc(Cl)c3OCc3ccc(Cl)cc3)C2=O)cc1OCC. The van der Waals surface area contributed by atoms with E-state index in [4.69, 9.17) is 49.0 Å². The fraction of sp³-hybridized carbons (Fsp3) is 0.233. The van der Waals surface area contributed by atoms with Gasteiger partial charge in [0.1, 0.15) is 17.9 Å². The quantitative estimate of drug-likeness (QED) is 0.183. The monoisotopic (exact) mass is 616 g/mol.